The lowest BCUT2D eigenvalue weighted by molar-refractivity contribution is -0.117. The van der Waals surface area contributed by atoms with E-state index in [1.54, 1.807) is 11.8 Å². The maximum atomic E-state index is 13.4. The topological polar surface area (TPSA) is 66.8 Å². The average molecular weight is 377 g/mol. The lowest BCUT2D eigenvalue weighted by Gasteiger charge is -2.24. The maximum Gasteiger partial charge on any atom is 0.247 e. The number of thioether (sulfide) groups is 1. The van der Waals surface area contributed by atoms with E-state index in [-0.39, 0.29) is 40.1 Å². The zero-order valence-corrected chi connectivity index (χ0v) is 14.6. The molecule has 9 heteroatoms. The van der Waals surface area contributed by atoms with Crippen LogP contribution in [0.3, 0.4) is 0 Å². The molecule has 2 atom stereocenters. The zero-order chi connectivity index (χ0) is 16.8. The molecular weight excluding hydrogens is 363 g/mol. The molecule has 1 aromatic rings. The molecule has 5 nitrogen and oxygen atoms in total. The Morgan fingerprint density at radius 1 is 1.48 bits per heavy atom. The van der Waals surface area contributed by atoms with Gasteiger partial charge in [0.15, 0.2) is 15.0 Å². The van der Waals surface area contributed by atoms with Gasteiger partial charge >= 0.3 is 0 Å². The molecule has 0 aromatic heterocycles. The number of anilines is 1. The molecular formula is C14H14ClFN2O3S2. The predicted molar refractivity (Wildman–Crippen MR) is 90.4 cm³/mol. The summed E-state index contributed by atoms with van der Waals surface area (Å²) in [5.41, 5.74) is 0.538. The molecule has 3 rings (SSSR count). The fraction of sp³-hybridized carbons (Fsp3) is 0.429. The smallest absolute Gasteiger partial charge is 0.247 e. The average Bonchev–Trinajstić information content (AvgIpc) is 2.93. The van der Waals surface area contributed by atoms with Crippen molar-refractivity contribution in [2.45, 2.75) is 24.6 Å². The first-order valence-corrected chi connectivity index (χ1v) is 10.1. The van der Waals surface area contributed by atoms with Crippen LogP contribution in [0, 0.1) is 5.82 Å². The quantitative estimate of drug-likeness (QED) is 0.793. The van der Waals surface area contributed by atoms with Crippen LogP contribution in [0.5, 0.6) is 0 Å². The van der Waals surface area contributed by atoms with E-state index in [9.17, 15) is 17.6 Å². The Morgan fingerprint density at radius 3 is 2.87 bits per heavy atom. The number of fused-ring (bicyclic) bond motifs is 1. The normalized spacial score (nSPS) is 27.4. The molecule has 0 aliphatic carbocycles. The second-order valence-corrected chi connectivity index (χ2v) is 9.18. The summed E-state index contributed by atoms with van der Waals surface area (Å²) < 4.78 is 37.2. The van der Waals surface area contributed by atoms with Gasteiger partial charge in [0, 0.05) is 17.4 Å². The predicted octanol–water partition coefficient (Wildman–Crippen LogP) is 2.49. The van der Waals surface area contributed by atoms with Crippen molar-refractivity contribution in [2.24, 2.45) is 4.99 Å². The number of carbonyl (C=O) groups excluding carboxylic acids is 1. The Bertz CT molecular complexity index is 797. The number of amidine groups is 1. The van der Waals surface area contributed by atoms with E-state index in [4.69, 9.17) is 11.6 Å². The molecule has 0 unspecified atom stereocenters. The van der Waals surface area contributed by atoms with Gasteiger partial charge in [-0.3, -0.25) is 4.79 Å². The van der Waals surface area contributed by atoms with Crippen molar-refractivity contribution in [3.63, 3.8) is 0 Å². The number of nitrogens with zero attached hydrogens (tertiary/aromatic N) is 2. The highest BCUT2D eigenvalue weighted by Gasteiger charge is 2.49. The molecule has 0 spiro atoms. The molecule has 1 aromatic carbocycles. The third-order valence-corrected chi connectivity index (χ3v) is 7.27. The number of hydrogen-bond donors (Lipinski definition) is 0. The van der Waals surface area contributed by atoms with E-state index >= 15 is 0 Å². The largest absolute Gasteiger partial charge is 0.316 e. The Morgan fingerprint density at radius 2 is 2.22 bits per heavy atom. The highest BCUT2D eigenvalue weighted by molar-refractivity contribution is 8.16. The summed E-state index contributed by atoms with van der Waals surface area (Å²) in [6, 6.07) is 3.84. The third kappa shape index (κ3) is 3.25. The van der Waals surface area contributed by atoms with Crippen LogP contribution in [-0.2, 0) is 14.6 Å². The summed E-state index contributed by atoms with van der Waals surface area (Å²) in [4.78, 5) is 17.4. The van der Waals surface area contributed by atoms with Gasteiger partial charge in [-0.2, -0.15) is 4.99 Å². The van der Waals surface area contributed by atoms with Crippen LogP contribution in [0.1, 0.15) is 13.3 Å². The van der Waals surface area contributed by atoms with Crippen molar-refractivity contribution >= 4 is 50.0 Å². The fourth-order valence-corrected chi connectivity index (χ4v) is 6.79. The van der Waals surface area contributed by atoms with Gasteiger partial charge in [-0.15, -0.1) is 0 Å². The van der Waals surface area contributed by atoms with Crippen molar-refractivity contribution in [1.29, 1.82) is 0 Å². The van der Waals surface area contributed by atoms with E-state index in [1.165, 1.54) is 30.0 Å². The first kappa shape index (κ1) is 16.7. The summed E-state index contributed by atoms with van der Waals surface area (Å²) >= 11 is 7.12. The molecule has 124 valence electrons. The Hall–Kier alpha value is -1.12. The minimum Gasteiger partial charge on any atom is -0.316 e. The molecule has 2 aliphatic rings. The van der Waals surface area contributed by atoms with Crippen LogP contribution in [-0.4, -0.2) is 42.3 Å². The summed E-state index contributed by atoms with van der Waals surface area (Å²) in [5, 5.41) is 0.203. The number of aliphatic imine (C=N–C) groups is 1. The molecule has 2 saturated heterocycles. The summed E-state index contributed by atoms with van der Waals surface area (Å²) in [5.74, 6) is -0.805. The summed E-state index contributed by atoms with van der Waals surface area (Å²) in [7, 11) is -3.13. The van der Waals surface area contributed by atoms with Crippen molar-refractivity contribution in [3.8, 4) is 0 Å². The lowest BCUT2D eigenvalue weighted by Crippen LogP contribution is -2.37. The molecule has 1 amide bonds. The van der Waals surface area contributed by atoms with Crippen molar-refractivity contribution < 1.29 is 17.6 Å². The number of sulfone groups is 1. The van der Waals surface area contributed by atoms with Gasteiger partial charge in [0.2, 0.25) is 5.91 Å². The van der Waals surface area contributed by atoms with Crippen LogP contribution < -0.4 is 4.90 Å². The highest BCUT2D eigenvalue weighted by Crippen LogP contribution is 2.41. The minimum absolute atomic E-state index is 0.0149. The van der Waals surface area contributed by atoms with E-state index in [2.05, 4.69) is 4.99 Å². The third-order valence-electron chi connectivity index (χ3n) is 3.77. The summed E-state index contributed by atoms with van der Waals surface area (Å²) in [6.07, 6.45) is 0.260. The number of amides is 1. The molecule has 0 bridgehead atoms. The van der Waals surface area contributed by atoms with E-state index in [0.717, 1.165) is 0 Å². The van der Waals surface area contributed by atoms with E-state index in [0.29, 0.717) is 10.9 Å². The van der Waals surface area contributed by atoms with Crippen LogP contribution in [0.2, 0.25) is 5.02 Å². The van der Waals surface area contributed by atoms with Crippen LogP contribution in [0.25, 0.3) is 0 Å². The van der Waals surface area contributed by atoms with Gasteiger partial charge in [0.1, 0.15) is 5.82 Å². The van der Waals surface area contributed by atoms with Gasteiger partial charge in [-0.1, -0.05) is 30.3 Å². The zero-order valence-electron chi connectivity index (χ0n) is 12.2. The molecule has 23 heavy (non-hydrogen) atoms. The highest BCUT2D eigenvalue weighted by atomic mass is 35.5. The van der Waals surface area contributed by atoms with Crippen molar-refractivity contribution in [2.75, 3.05) is 16.4 Å². The molecule has 2 fully saturated rings. The Kier molecular flexibility index (Phi) is 4.41. The monoisotopic (exact) mass is 376 g/mol. The molecule has 2 aliphatic heterocycles. The SMILES string of the molecule is CCC(=O)N=C1S[C@@H]2CS(=O)(=O)C[C@H]2N1c1ccc(F)c(Cl)c1. The van der Waals surface area contributed by atoms with Crippen molar-refractivity contribution in [1.82, 2.24) is 0 Å². The Balaban J connectivity index is 2.04. The van der Waals surface area contributed by atoms with E-state index < -0.39 is 15.7 Å². The summed E-state index contributed by atoms with van der Waals surface area (Å²) in [6.45, 7) is 1.70. The molecule has 0 saturated carbocycles. The van der Waals surface area contributed by atoms with Crippen LogP contribution >= 0.6 is 23.4 Å². The van der Waals surface area contributed by atoms with Gasteiger partial charge in [-0.25, -0.2) is 12.8 Å². The number of hydrogen-bond acceptors (Lipinski definition) is 4. The number of carbonyl (C=O) groups is 1. The van der Waals surface area contributed by atoms with Gasteiger partial charge < -0.3 is 4.90 Å². The molecule has 2 heterocycles. The second-order valence-electron chi connectivity index (χ2n) is 5.41. The number of rotatable bonds is 2. The fourth-order valence-electron chi connectivity index (χ4n) is 2.69. The lowest BCUT2D eigenvalue weighted by atomic mass is 10.2. The Labute approximate surface area is 142 Å². The standard InChI is InChI=1S/C14H14ClFN2O3S2/c1-2-13(19)17-14-18(8-3-4-10(16)9(15)5-8)11-6-23(20,21)7-12(11)22-14/h3-5,11-12H,2,6-7H2,1H3/t11-,12-/m1/s1. The van der Waals surface area contributed by atoms with E-state index in [1.807, 2.05) is 0 Å². The molecule has 0 N–H and O–H groups in total. The van der Waals surface area contributed by atoms with Crippen LogP contribution in [0.4, 0.5) is 10.1 Å². The number of halogens is 2. The molecule has 0 radical (unpaired) electrons. The van der Waals surface area contributed by atoms with Crippen LogP contribution in [0.15, 0.2) is 23.2 Å². The second kappa shape index (κ2) is 6.07. The van der Waals surface area contributed by atoms with Crippen molar-refractivity contribution in [3.05, 3.63) is 29.0 Å². The van der Waals surface area contributed by atoms with Gasteiger partial charge in [0.05, 0.1) is 22.6 Å². The number of benzene rings is 1. The first-order chi connectivity index (χ1) is 10.8. The van der Waals surface area contributed by atoms with Gasteiger partial charge in [-0.05, 0) is 18.2 Å². The van der Waals surface area contributed by atoms with Gasteiger partial charge in [0.25, 0.3) is 0 Å². The first-order valence-electron chi connectivity index (χ1n) is 7.03. The maximum absolute atomic E-state index is 13.4. The minimum atomic E-state index is -3.13.